The number of ether oxygens (including phenoxy) is 1. The molecule has 1 aliphatic heterocycles. The molecule has 1 saturated heterocycles. The summed E-state index contributed by atoms with van der Waals surface area (Å²) in [5.74, 6) is 0.409. The fourth-order valence-corrected chi connectivity index (χ4v) is 6.44. The van der Waals surface area contributed by atoms with Crippen molar-refractivity contribution in [2.45, 2.75) is 29.6 Å². The lowest BCUT2D eigenvalue weighted by Crippen LogP contribution is -2.44. The van der Waals surface area contributed by atoms with Gasteiger partial charge in [-0.05, 0) is 49.2 Å². The molecule has 0 saturated carbocycles. The number of thiophene rings is 1. The third kappa shape index (κ3) is 6.06. The molecular weight excluding hydrogens is 456 g/mol. The first-order valence-electron chi connectivity index (χ1n) is 11.3. The predicted molar refractivity (Wildman–Crippen MR) is 133 cm³/mol. The zero-order valence-electron chi connectivity index (χ0n) is 18.7. The summed E-state index contributed by atoms with van der Waals surface area (Å²) in [7, 11) is 1.58. The van der Waals surface area contributed by atoms with Crippen molar-refractivity contribution in [2.24, 2.45) is 11.8 Å². The van der Waals surface area contributed by atoms with E-state index in [-0.39, 0.29) is 5.92 Å². The zero-order chi connectivity index (χ0) is 23.2. The number of aromatic nitrogens is 1. The van der Waals surface area contributed by atoms with Crippen molar-refractivity contribution < 1.29 is 19.7 Å². The van der Waals surface area contributed by atoms with E-state index in [4.69, 9.17) is 4.74 Å². The molecule has 2 aromatic heterocycles. The molecule has 0 aliphatic carbocycles. The molecule has 4 rings (SSSR count). The van der Waals surface area contributed by atoms with E-state index >= 15 is 0 Å². The Morgan fingerprint density at radius 3 is 2.94 bits per heavy atom. The number of carboxylic acid groups (broad SMARTS) is 1. The average molecular weight is 487 g/mol. The van der Waals surface area contributed by atoms with Crippen LogP contribution in [0.3, 0.4) is 0 Å². The molecule has 1 fully saturated rings. The van der Waals surface area contributed by atoms with E-state index in [0.29, 0.717) is 25.3 Å². The first-order valence-corrected chi connectivity index (χ1v) is 13.1. The maximum Gasteiger partial charge on any atom is 0.308 e. The first-order chi connectivity index (χ1) is 16.0. The minimum absolute atomic E-state index is 0.0656. The second-order valence-corrected chi connectivity index (χ2v) is 10.8. The van der Waals surface area contributed by atoms with Gasteiger partial charge in [0.1, 0.15) is 0 Å². The summed E-state index contributed by atoms with van der Waals surface area (Å²) < 4.78 is 6.55. The number of hydrogen-bond acceptors (Lipinski definition) is 7. The van der Waals surface area contributed by atoms with Crippen LogP contribution in [0, 0.1) is 11.8 Å². The van der Waals surface area contributed by atoms with Crippen molar-refractivity contribution >= 4 is 40.0 Å². The Balaban J connectivity index is 1.34. The Hall–Kier alpha value is -2.13. The summed E-state index contributed by atoms with van der Waals surface area (Å²) >= 11 is 3.57. The quantitative estimate of drug-likeness (QED) is 0.393. The third-order valence-electron chi connectivity index (χ3n) is 6.41. The zero-order valence-corrected chi connectivity index (χ0v) is 20.4. The smallest absolute Gasteiger partial charge is 0.308 e. The van der Waals surface area contributed by atoms with Crippen LogP contribution in [-0.4, -0.2) is 58.6 Å². The number of aliphatic hydroxyl groups excluding tert-OH is 1. The van der Waals surface area contributed by atoms with E-state index in [1.807, 2.05) is 42.1 Å². The van der Waals surface area contributed by atoms with E-state index in [2.05, 4.69) is 27.4 Å². The Labute approximate surface area is 202 Å². The fourth-order valence-electron chi connectivity index (χ4n) is 4.58. The Morgan fingerprint density at radius 2 is 2.18 bits per heavy atom. The highest BCUT2D eigenvalue weighted by Gasteiger charge is 2.34. The number of benzene rings is 1. The summed E-state index contributed by atoms with van der Waals surface area (Å²) in [4.78, 5) is 18.8. The molecule has 0 spiro atoms. The first kappa shape index (κ1) is 24.0. The molecule has 3 atom stereocenters. The number of fused-ring (bicyclic) bond motifs is 1. The molecule has 3 aromatic rings. The van der Waals surface area contributed by atoms with Gasteiger partial charge in [-0.3, -0.25) is 4.79 Å². The predicted octanol–water partition coefficient (Wildman–Crippen LogP) is 4.93. The lowest BCUT2D eigenvalue weighted by molar-refractivity contribution is -0.146. The van der Waals surface area contributed by atoms with E-state index in [1.54, 1.807) is 18.4 Å². The number of carboxylic acids is 1. The van der Waals surface area contributed by atoms with Crippen LogP contribution in [0.25, 0.3) is 10.9 Å². The summed E-state index contributed by atoms with van der Waals surface area (Å²) in [6.07, 6.45) is 1.34. The highest BCUT2D eigenvalue weighted by Crippen LogP contribution is 2.33. The van der Waals surface area contributed by atoms with Crippen molar-refractivity contribution in [1.29, 1.82) is 0 Å². The van der Waals surface area contributed by atoms with Crippen molar-refractivity contribution in [1.82, 2.24) is 9.88 Å². The van der Waals surface area contributed by atoms with Gasteiger partial charge in [0.15, 0.2) is 0 Å². The Morgan fingerprint density at radius 1 is 1.30 bits per heavy atom. The molecule has 0 amide bonds. The second kappa shape index (κ2) is 11.3. The van der Waals surface area contributed by atoms with E-state index < -0.39 is 18.0 Å². The molecule has 8 heteroatoms. The molecule has 2 N–H and O–H groups in total. The number of hydrogen-bond donors (Lipinski definition) is 2. The van der Waals surface area contributed by atoms with Crippen LogP contribution in [0.1, 0.15) is 30.9 Å². The monoisotopic (exact) mass is 486 g/mol. The number of likely N-dealkylation sites (tertiary alicyclic amines) is 1. The van der Waals surface area contributed by atoms with Gasteiger partial charge in [-0.2, -0.15) is 0 Å². The minimum atomic E-state index is -0.735. The number of rotatable bonds is 10. The van der Waals surface area contributed by atoms with Crippen LogP contribution in [0.5, 0.6) is 5.88 Å². The largest absolute Gasteiger partial charge is 0.481 e. The topological polar surface area (TPSA) is 82.9 Å². The number of pyridine rings is 1. The van der Waals surface area contributed by atoms with Gasteiger partial charge in [-0.15, -0.1) is 23.1 Å². The molecule has 0 unspecified atom stereocenters. The van der Waals surface area contributed by atoms with Crippen LogP contribution in [-0.2, 0) is 4.79 Å². The number of nitrogens with zero attached hydrogens (tertiary/aromatic N) is 2. The fraction of sp³-hybridized carbons (Fsp3) is 0.440. The van der Waals surface area contributed by atoms with E-state index in [0.717, 1.165) is 41.7 Å². The number of methoxy groups -OCH3 is 1. The van der Waals surface area contributed by atoms with Crippen molar-refractivity contribution in [3.05, 3.63) is 53.4 Å². The minimum Gasteiger partial charge on any atom is -0.481 e. The SMILES string of the molecule is COc1ccc2cccc([C@@H](O)CC[C@@H]3CCN(CCSc4cccs4)C[C@@H]3C(=O)O)c2n1. The number of carbonyl (C=O) groups is 1. The van der Waals surface area contributed by atoms with Gasteiger partial charge in [-0.25, -0.2) is 4.98 Å². The normalized spacial score (nSPS) is 20.1. The molecule has 3 heterocycles. The molecule has 6 nitrogen and oxygen atoms in total. The van der Waals surface area contributed by atoms with Gasteiger partial charge in [0.05, 0.1) is 28.9 Å². The highest BCUT2D eigenvalue weighted by atomic mass is 32.2. The van der Waals surface area contributed by atoms with Crippen LogP contribution >= 0.6 is 23.1 Å². The van der Waals surface area contributed by atoms with Crippen LogP contribution in [0.4, 0.5) is 0 Å². The highest BCUT2D eigenvalue weighted by molar-refractivity contribution is 8.01. The average Bonchev–Trinajstić information content (AvgIpc) is 3.35. The van der Waals surface area contributed by atoms with Gasteiger partial charge < -0.3 is 19.8 Å². The standard InChI is InChI=1S/C25H30N2O4S2/c1-31-22-10-8-18-4-2-5-19(24(18)26-22)21(28)9-7-17-11-12-27(16-20(17)25(29)30)13-15-33-23-6-3-14-32-23/h2-6,8,10,14,17,20-21,28H,7,9,11-13,15-16H2,1H3,(H,29,30)/t17-,20+,21+/m1/s1. The Kier molecular flexibility index (Phi) is 8.25. The summed E-state index contributed by atoms with van der Waals surface area (Å²) in [6, 6.07) is 13.7. The molecule has 0 radical (unpaired) electrons. The van der Waals surface area contributed by atoms with Gasteiger partial charge in [0.25, 0.3) is 0 Å². The molecule has 176 valence electrons. The number of thioether (sulfide) groups is 1. The van der Waals surface area contributed by atoms with Crippen LogP contribution in [0.2, 0.25) is 0 Å². The molecule has 1 aromatic carbocycles. The summed E-state index contributed by atoms with van der Waals surface area (Å²) in [6.45, 7) is 2.38. The van der Waals surface area contributed by atoms with Gasteiger partial charge in [0.2, 0.25) is 5.88 Å². The van der Waals surface area contributed by atoms with E-state index in [9.17, 15) is 15.0 Å². The maximum atomic E-state index is 12.0. The molecule has 33 heavy (non-hydrogen) atoms. The van der Waals surface area contributed by atoms with Crippen LogP contribution in [0.15, 0.2) is 52.1 Å². The second-order valence-electron chi connectivity index (χ2n) is 8.44. The Bertz CT molecular complexity index is 1060. The lowest BCUT2D eigenvalue weighted by Gasteiger charge is -2.36. The van der Waals surface area contributed by atoms with Crippen molar-refractivity contribution in [3.63, 3.8) is 0 Å². The molecule has 1 aliphatic rings. The van der Waals surface area contributed by atoms with Gasteiger partial charge in [0, 0.05) is 35.9 Å². The van der Waals surface area contributed by atoms with Gasteiger partial charge in [-0.1, -0.05) is 24.3 Å². The third-order valence-corrected chi connectivity index (χ3v) is 8.52. The number of para-hydroxylation sites is 1. The van der Waals surface area contributed by atoms with Crippen molar-refractivity contribution in [2.75, 3.05) is 32.5 Å². The number of piperidine rings is 1. The molecule has 0 bridgehead atoms. The number of aliphatic carboxylic acids is 1. The van der Waals surface area contributed by atoms with E-state index in [1.165, 1.54) is 4.21 Å². The molecular formula is C25H30N2O4S2. The van der Waals surface area contributed by atoms with Crippen molar-refractivity contribution in [3.8, 4) is 5.88 Å². The summed E-state index contributed by atoms with van der Waals surface area (Å²) in [5.41, 5.74) is 1.50. The number of aliphatic hydroxyl groups is 1. The maximum absolute atomic E-state index is 12.0. The summed E-state index contributed by atoms with van der Waals surface area (Å²) in [5, 5.41) is 23.8. The van der Waals surface area contributed by atoms with Crippen LogP contribution < -0.4 is 4.74 Å². The van der Waals surface area contributed by atoms with Gasteiger partial charge >= 0.3 is 5.97 Å². The lowest BCUT2D eigenvalue weighted by atomic mass is 9.81.